The Bertz CT molecular complexity index is 356. The van der Waals surface area contributed by atoms with Crippen LogP contribution >= 0.6 is 0 Å². The fourth-order valence-corrected chi connectivity index (χ4v) is 2.17. The second kappa shape index (κ2) is 15.3. The van der Waals surface area contributed by atoms with Gasteiger partial charge in [-0.3, -0.25) is 0 Å². The van der Waals surface area contributed by atoms with Gasteiger partial charge >= 0.3 is 0 Å². The summed E-state index contributed by atoms with van der Waals surface area (Å²) in [6.07, 6.45) is 3.94. The molecule has 0 aromatic rings. The van der Waals surface area contributed by atoms with E-state index >= 15 is 0 Å². The summed E-state index contributed by atoms with van der Waals surface area (Å²) in [5.41, 5.74) is 0. The maximum absolute atomic E-state index is 8.65. The zero-order chi connectivity index (χ0) is 16.5. The van der Waals surface area contributed by atoms with E-state index in [2.05, 4.69) is 34.1 Å². The average Bonchev–Trinajstić information content (AvgIpc) is 2.54. The minimum absolute atomic E-state index is 0.488. The van der Waals surface area contributed by atoms with Crippen molar-refractivity contribution in [2.24, 2.45) is 0 Å². The van der Waals surface area contributed by atoms with E-state index in [-0.39, 0.29) is 0 Å². The van der Waals surface area contributed by atoms with Crippen molar-refractivity contribution in [2.45, 2.75) is 38.5 Å². The van der Waals surface area contributed by atoms with Crippen LogP contribution in [0.2, 0.25) is 0 Å². The number of nitrogens with zero attached hydrogens (tertiary/aromatic N) is 6. The summed E-state index contributed by atoms with van der Waals surface area (Å²) in [7, 11) is 0. The van der Waals surface area contributed by atoms with Crippen LogP contribution in [-0.2, 0) is 0 Å². The molecule has 0 bridgehead atoms. The molecule has 0 saturated carbocycles. The molecule has 0 aliphatic heterocycles. The number of unbranched alkanes of at least 4 members (excludes halogenated alkanes) is 1. The van der Waals surface area contributed by atoms with Gasteiger partial charge < -0.3 is 9.80 Å². The van der Waals surface area contributed by atoms with E-state index in [4.69, 9.17) is 21.0 Å². The monoisotopic (exact) mass is 300 g/mol. The topological polar surface area (TPSA) is 102 Å². The Labute approximate surface area is 133 Å². The summed E-state index contributed by atoms with van der Waals surface area (Å²) in [5, 5.41) is 34.6. The molecule has 0 aromatic heterocycles. The maximum atomic E-state index is 8.65. The fraction of sp³-hybridized carbons (Fsp3) is 0.750. The molecule has 0 atom stereocenters. The molecule has 0 aromatic carbocycles. The molecule has 0 aliphatic rings. The van der Waals surface area contributed by atoms with Gasteiger partial charge in [-0.25, -0.2) is 0 Å². The second-order valence-corrected chi connectivity index (χ2v) is 5.02. The fourth-order valence-electron chi connectivity index (χ4n) is 2.17. The van der Waals surface area contributed by atoms with E-state index in [1.54, 1.807) is 0 Å². The summed E-state index contributed by atoms with van der Waals surface area (Å²) >= 11 is 0. The highest BCUT2D eigenvalue weighted by Gasteiger charge is 2.07. The molecule has 6 heteroatoms. The smallest absolute Gasteiger partial charge is 0.0635 e. The van der Waals surface area contributed by atoms with Crippen LogP contribution in [0.15, 0.2) is 0 Å². The van der Waals surface area contributed by atoms with Crippen LogP contribution in [0.5, 0.6) is 0 Å². The summed E-state index contributed by atoms with van der Waals surface area (Å²) in [4.78, 5) is 4.31. The number of nitriles is 4. The molecule has 0 spiro atoms. The predicted octanol–water partition coefficient (Wildman–Crippen LogP) is 2.03. The van der Waals surface area contributed by atoms with Crippen LogP contribution < -0.4 is 0 Å². The van der Waals surface area contributed by atoms with Crippen molar-refractivity contribution in [2.75, 3.05) is 39.3 Å². The number of hydrogen-bond donors (Lipinski definition) is 0. The van der Waals surface area contributed by atoms with E-state index in [9.17, 15) is 0 Å². The summed E-state index contributed by atoms with van der Waals surface area (Å²) < 4.78 is 0. The van der Waals surface area contributed by atoms with E-state index in [0.717, 1.165) is 25.9 Å². The molecule has 0 unspecified atom stereocenters. The highest BCUT2D eigenvalue weighted by Crippen LogP contribution is 2.02. The lowest BCUT2D eigenvalue weighted by Gasteiger charge is -2.22. The van der Waals surface area contributed by atoms with Crippen LogP contribution in [0.25, 0.3) is 0 Å². The second-order valence-electron chi connectivity index (χ2n) is 5.02. The van der Waals surface area contributed by atoms with Crippen molar-refractivity contribution >= 4 is 0 Å². The normalized spacial score (nSPS) is 9.91. The van der Waals surface area contributed by atoms with Crippen LogP contribution in [0, 0.1) is 45.3 Å². The zero-order valence-electron chi connectivity index (χ0n) is 13.2. The summed E-state index contributed by atoms with van der Waals surface area (Å²) in [5.74, 6) is 0. The number of hydrogen-bond acceptors (Lipinski definition) is 6. The molecule has 0 heterocycles. The summed E-state index contributed by atoms with van der Waals surface area (Å²) in [6, 6.07) is 8.54. The Balaban J connectivity index is 4.00. The van der Waals surface area contributed by atoms with Gasteiger partial charge in [0.15, 0.2) is 0 Å². The first-order valence-corrected chi connectivity index (χ1v) is 7.71. The predicted molar refractivity (Wildman–Crippen MR) is 83.0 cm³/mol. The van der Waals surface area contributed by atoms with E-state index < -0.39 is 0 Å². The van der Waals surface area contributed by atoms with E-state index in [1.807, 2.05) is 0 Å². The lowest BCUT2D eigenvalue weighted by Crippen LogP contribution is -2.29. The van der Waals surface area contributed by atoms with Crippen LogP contribution in [-0.4, -0.2) is 49.1 Å². The first-order valence-electron chi connectivity index (χ1n) is 7.71. The maximum Gasteiger partial charge on any atom is 0.0635 e. The third-order valence-electron chi connectivity index (χ3n) is 3.36. The van der Waals surface area contributed by atoms with Crippen LogP contribution in [0.4, 0.5) is 0 Å². The van der Waals surface area contributed by atoms with E-state index in [0.29, 0.717) is 51.9 Å². The molecule has 0 aliphatic carbocycles. The lowest BCUT2D eigenvalue weighted by molar-refractivity contribution is 0.251. The van der Waals surface area contributed by atoms with Gasteiger partial charge in [0.25, 0.3) is 0 Å². The molecular formula is C16H24N6. The molecular weight excluding hydrogens is 276 g/mol. The molecule has 0 N–H and O–H groups in total. The average molecular weight is 300 g/mol. The van der Waals surface area contributed by atoms with Gasteiger partial charge in [-0.1, -0.05) is 0 Å². The Morgan fingerprint density at radius 1 is 0.455 bits per heavy atom. The minimum Gasteiger partial charge on any atom is -0.301 e. The molecule has 6 nitrogen and oxygen atoms in total. The molecule has 118 valence electrons. The van der Waals surface area contributed by atoms with Gasteiger partial charge in [-0.05, 0) is 25.9 Å². The molecule has 0 saturated heterocycles. The Hall–Kier alpha value is -2.12. The molecule has 0 rings (SSSR count). The van der Waals surface area contributed by atoms with Gasteiger partial charge in [0.2, 0.25) is 0 Å². The first-order chi connectivity index (χ1) is 10.8. The quantitative estimate of drug-likeness (QED) is 0.482. The Morgan fingerprint density at radius 3 is 0.955 bits per heavy atom. The van der Waals surface area contributed by atoms with Crippen molar-refractivity contribution in [3.63, 3.8) is 0 Å². The van der Waals surface area contributed by atoms with Crippen molar-refractivity contribution in [1.82, 2.24) is 9.80 Å². The third kappa shape index (κ3) is 11.7. The largest absolute Gasteiger partial charge is 0.301 e. The highest BCUT2D eigenvalue weighted by atomic mass is 15.1. The first kappa shape index (κ1) is 19.9. The Morgan fingerprint density at radius 2 is 0.727 bits per heavy atom. The van der Waals surface area contributed by atoms with Gasteiger partial charge in [0, 0.05) is 51.9 Å². The van der Waals surface area contributed by atoms with Crippen LogP contribution in [0.1, 0.15) is 38.5 Å². The number of rotatable bonds is 13. The SMILES string of the molecule is N#CCCN(CCC#N)CCCCN(CCC#N)CCC#N. The van der Waals surface area contributed by atoms with Crippen molar-refractivity contribution in [1.29, 1.82) is 21.0 Å². The van der Waals surface area contributed by atoms with Crippen molar-refractivity contribution in [3.05, 3.63) is 0 Å². The van der Waals surface area contributed by atoms with Gasteiger partial charge in [0.1, 0.15) is 0 Å². The summed E-state index contributed by atoms with van der Waals surface area (Å²) in [6.45, 7) is 4.62. The highest BCUT2D eigenvalue weighted by molar-refractivity contribution is 4.78. The van der Waals surface area contributed by atoms with Crippen molar-refractivity contribution in [3.8, 4) is 24.3 Å². The van der Waals surface area contributed by atoms with Crippen molar-refractivity contribution < 1.29 is 0 Å². The van der Waals surface area contributed by atoms with E-state index in [1.165, 1.54) is 0 Å². The Kier molecular flexibility index (Phi) is 13.8. The standard InChI is InChI=1S/C16H24N6/c17-7-3-13-21(14-4-8-18)11-1-2-12-22(15-5-9-19)16-6-10-20/h1-6,11-16H2. The third-order valence-corrected chi connectivity index (χ3v) is 3.36. The lowest BCUT2D eigenvalue weighted by atomic mass is 10.2. The van der Waals surface area contributed by atoms with Gasteiger partial charge in [-0.2, -0.15) is 21.0 Å². The molecule has 0 amide bonds. The van der Waals surface area contributed by atoms with Crippen LogP contribution in [0.3, 0.4) is 0 Å². The van der Waals surface area contributed by atoms with Gasteiger partial charge in [0.05, 0.1) is 24.3 Å². The molecule has 0 radical (unpaired) electrons. The molecule has 22 heavy (non-hydrogen) atoms. The zero-order valence-corrected chi connectivity index (χ0v) is 13.2. The van der Waals surface area contributed by atoms with Gasteiger partial charge in [-0.15, -0.1) is 0 Å². The molecule has 0 fully saturated rings. The minimum atomic E-state index is 0.488.